The van der Waals surface area contributed by atoms with E-state index in [1.165, 1.54) is 5.56 Å². The molecule has 2 heterocycles. The van der Waals surface area contributed by atoms with Gasteiger partial charge in [-0.15, -0.1) is 0 Å². The van der Waals surface area contributed by atoms with Crippen molar-refractivity contribution in [2.45, 2.75) is 11.7 Å². The van der Waals surface area contributed by atoms with Crippen molar-refractivity contribution in [1.82, 2.24) is 4.90 Å². The van der Waals surface area contributed by atoms with Crippen LogP contribution in [0.5, 0.6) is 17.2 Å². The third-order valence-corrected chi connectivity index (χ3v) is 6.06. The molecule has 1 fully saturated rings. The first-order valence-electron chi connectivity index (χ1n) is 8.69. The first-order chi connectivity index (χ1) is 12.8. The van der Waals surface area contributed by atoms with Crippen LogP contribution in [0, 0.1) is 0 Å². The van der Waals surface area contributed by atoms with Gasteiger partial charge >= 0.3 is 0 Å². The first-order valence-corrected chi connectivity index (χ1v) is 9.74. The summed E-state index contributed by atoms with van der Waals surface area (Å²) < 4.78 is 16.2. The average Bonchev–Trinajstić information content (AvgIpc) is 3.02. The lowest BCUT2D eigenvalue weighted by molar-refractivity contribution is 0.0763. The number of nitrogens with zero attached hydrogens (tertiary/aromatic N) is 1. The maximum atomic E-state index is 12.9. The molecule has 2 aliphatic heterocycles. The number of thioether (sulfide) groups is 1. The smallest absolute Gasteiger partial charge is 0.257 e. The van der Waals surface area contributed by atoms with E-state index in [2.05, 4.69) is 12.1 Å². The first kappa shape index (κ1) is 17.1. The van der Waals surface area contributed by atoms with E-state index in [0.717, 1.165) is 36.8 Å². The number of methoxy groups -OCH3 is 1. The van der Waals surface area contributed by atoms with Gasteiger partial charge in [-0.05, 0) is 36.2 Å². The van der Waals surface area contributed by atoms with E-state index < -0.39 is 0 Å². The van der Waals surface area contributed by atoms with Gasteiger partial charge in [0, 0.05) is 24.1 Å². The van der Waals surface area contributed by atoms with Crippen LogP contribution in [-0.4, -0.2) is 43.6 Å². The standard InChI is InChI=1S/C20H21NO4S/c1-23-16-5-3-2-4-15(16)20(22)21-9-8-19(26-11-10-21)14-6-7-17-18(12-14)25-13-24-17/h2-7,12,19H,8-11,13H2,1H3. The minimum Gasteiger partial charge on any atom is -0.496 e. The van der Waals surface area contributed by atoms with Crippen molar-refractivity contribution in [2.75, 3.05) is 32.7 Å². The number of rotatable bonds is 3. The second-order valence-electron chi connectivity index (χ2n) is 6.25. The average molecular weight is 371 g/mol. The number of fused-ring (bicyclic) bond motifs is 1. The number of carbonyl (C=O) groups excluding carboxylic acids is 1. The molecule has 1 amide bonds. The molecule has 2 aromatic carbocycles. The summed E-state index contributed by atoms with van der Waals surface area (Å²) in [7, 11) is 1.60. The van der Waals surface area contributed by atoms with Crippen molar-refractivity contribution in [3.05, 3.63) is 53.6 Å². The highest BCUT2D eigenvalue weighted by Crippen LogP contribution is 2.40. The summed E-state index contributed by atoms with van der Waals surface area (Å²) in [6.45, 7) is 1.75. The highest BCUT2D eigenvalue weighted by molar-refractivity contribution is 7.99. The summed E-state index contributed by atoms with van der Waals surface area (Å²) in [5.41, 5.74) is 1.85. The zero-order valence-electron chi connectivity index (χ0n) is 14.6. The molecule has 4 rings (SSSR count). The molecule has 136 valence electrons. The molecule has 1 unspecified atom stereocenters. The summed E-state index contributed by atoms with van der Waals surface area (Å²) in [4.78, 5) is 14.9. The summed E-state index contributed by atoms with van der Waals surface area (Å²) in [6, 6.07) is 13.5. The summed E-state index contributed by atoms with van der Waals surface area (Å²) in [5.74, 6) is 3.19. The second-order valence-corrected chi connectivity index (χ2v) is 7.56. The predicted molar refractivity (Wildman–Crippen MR) is 101 cm³/mol. The Labute approximate surface area is 157 Å². The van der Waals surface area contributed by atoms with E-state index in [4.69, 9.17) is 14.2 Å². The van der Waals surface area contributed by atoms with Gasteiger partial charge in [0.05, 0.1) is 12.7 Å². The van der Waals surface area contributed by atoms with E-state index >= 15 is 0 Å². The molecule has 2 aromatic rings. The van der Waals surface area contributed by atoms with E-state index in [0.29, 0.717) is 16.6 Å². The Bertz CT molecular complexity index is 810. The quantitative estimate of drug-likeness (QED) is 0.822. The number of amides is 1. The lowest BCUT2D eigenvalue weighted by atomic mass is 10.1. The van der Waals surface area contributed by atoms with Crippen LogP contribution >= 0.6 is 11.8 Å². The fraction of sp³-hybridized carbons (Fsp3) is 0.350. The Morgan fingerprint density at radius 1 is 1.15 bits per heavy atom. The van der Waals surface area contributed by atoms with Crippen molar-refractivity contribution < 1.29 is 19.0 Å². The Kier molecular flexibility index (Phi) is 4.93. The van der Waals surface area contributed by atoms with Crippen molar-refractivity contribution in [1.29, 1.82) is 0 Å². The Balaban J connectivity index is 1.47. The van der Waals surface area contributed by atoms with Crippen LogP contribution in [0.4, 0.5) is 0 Å². The van der Waals surface area contributed by atoms with Gasteiger partial charge in [-0.25, -0.2) is 0 Å². The molecular formula is C20H21NO4S. The molecule has 0 radical (unpaired) electrons. The predicted octanol–water partition coefficient (Wildman–Crippen LogP) is 3.74. The number of hydrogen-bond acceptors (Lipinski definition) is 5. The lowest BCUT2D eigenvalue weighted by Crippen LogP contribution is -2.33. The monoisotopic (exact) mass is 371 g/mol. The van der Waals surface area contributed by atoms with Crippen LogP contribution in [-0.2, 0) is 0 Å². The molecule has 0 aliphatic carbocycles. The van der Waals surface area contributed by atoms with Crippen LogP contribution in [0.15, 0.2) is 42.5 Å². The molecule has 0 spiro atoms. The Morgan fingerprint density at radius 3 is 2.88 bits per heavy atom. The van der Waals surface area contributed by atoms with Crippen molar-refractivity contribution in [2.24, 2.45) is 0 Å². The number of para-hydroxylation sites is 1. The SMILES string of the molecule is COc1ccccc1C(=O)N1CCSC(c2ccc3c(c2)OCO3)CC1. The largest absolute Gasteiger partial charge is 0.496 e. The second kappa shape index (κ2) is 7.50. The van der Waals surface area contributed by atoms with E-state index in [1.54, 1.807) is 7.11 Å². The third-order valence-electron chi connectivity index (χ3n) is 4.73. The molecule has 0 aromatic heterocycles. The van der Waals surface area contributed by atoms with Gasteiger partial charge in [0.1, 0.15) is 5.75 Å². The molecule has 5 nitrogen and oxygen atoms in total. The summed E-state index contributed by atoms with van der Waals surface area (Å²) >= 11 is 1.89. The van der Waals surface area contributed by atoms with E-state index in [-0.39, 0.29) is 12.7 Å². The molecule has 0 N–H and O–H groups in total. The molecule has 2 aliphatic rings. The zero-order valence-corrected chi connectivity index (χ0v) is 15.5. The third kappa shape index (κ3) is 3.33. The van der Waals surface area contributed by atoms with Gasteiger partial charge < -0.3 is 19.1 Å². The maximum absolute atomic E-state index is 12.9. The van der Waals surface area contributed by atoms with Crippen LogP contribution < -0.4 is 14.2 Å². The highest BCUT2D eigenvalue weighted by Gasteiger charge is 2.25. The summed E-state index contributed by atoms with van der Waals surface area (Å²) in [6.07, 6.45) is 0.908. The number of hydrogen-bond donors (Lipinski definition) is 0. The van der Waals surface area contributed by atoms with Gasteiger partial charge in [0.2, 0.25) is 6.79 Å². The number of carbonyl (C=O) groups is 1. The topological polar surface area (TPSA) is 48.0 Å². The van der Waals surface area contributed by atoms with Crippen LogP contribution in [0.3, 0.4) is 0 Å². The van der Waals surface area contributed by atoms with Crippen LogP contribution in [0.25, 0.3) is 0 Å². The fourth-order valence-corrected chi connectivity index (χ4v) is 4.57. The van der Waals surface area contributed by atoms with Crippen molar-refractivity contribution >= 4 is 17.7 Å². The van der Waals surface area contributed by atoms with Gasteiger partial charge in [0.25, 0.3) is 5.91 Å². The minimum absolute atomic E-state index is 0.0365. The lowest BCUT2D eigenvalue weighted by Gasteiger charge is -2.21. The van der Waals surface area contributed by atoms with Gasteiger partial charge in [-0.3, -0.25) is 4.79 Å². The van der Waals surface area contributed by atoms with E-state index in [9.17, 15) is 4.79 Å². The van der Waals surface area contributed by atoms with Gasteiger partial charge in [-0.2, -0.15) is 11.8 Å². The number of ether oxygens (including phenoxy) is 3. The molecule has 0 saturated carbocycles. The molecular weight excluding hydrogens is 350 g/mol. The zero-order chi connectivity index (χ0) is 17.9. The van der Waals surface area contributed by atoms with Gasteiger partial charge in [-0.1, -0.05) is 18.2 Å². The Morgan fingerprint density at radius 2 is 2.00 bits per heavy atom. The minimum atomic E-state index is 0.0365. The van der Waals surface area contributed by atoms with E-state index in [1.807, 2.05) is 47.0 Å². The number of benzene rings is 2. The van der Waals surface area contributed by atoms with Gasteiger partial charge in [0.15, 0.2) is 11.5 Å². The molecule has 1 saturated heterocycles. The van der Waals surface area contributed by atoms with Crippen molar-refractivity contribution in [3.63, 3.8) is 0 Å². The highest BCUT2D eigenvalue weighted by atomic mass is 32.2. The Hall–Kier alpha value is -2.34. The van der Waals surface area contributed by atoms with Crippen LogP contribution in [0.2, 0.25) is 0 Å². The fourth-order valence-electron chi connectivity index (χ4n) is 3.34. The maximum Gasteiger partial charge on any atom is 0.257 e. The van der Waals surface area contributed by atoms with Crippen molar-refractivity contribution in [3.8, 4) is 17.2 Å². The molecule has 0 bridgehead atoms. The molecule has 26 heavy (non-hydrogen) atoms. The van der Waals surface area contributed by atoms with Crippen LogP contribution in [0.1, 0.15) is 27.6 Å². The summed E-state index contributed by atoms with van der Waals surface area (Å²) in [5, 5.41) is 0.347. The molecule has 6 heteroatoms. The normalized spacial score (nSPS) is 19.1. The molecule has 1 atom stereocenters.